The zero-order chi connectivity index (χ0) is 16.0. The van der Waals surface area contributed by atoms with E-state index in [1.54, 1.807) is 18.3 Å². The molecule has 0 saturated heterocycles. The molecular weight excluding hydrogens is 300 g/mol. The summed E-state index contributed by atoms with van der Waals surface area (Å²) in [6, 6.07) is 6.32. The maximum absolute atomic E-state index is 12.1. The molecular formula is C15H12N4O4. The van der Waals surface area contributed by atoms with E-state index in [2.05, 4.69) is 10.3 Å². The van der Waals surface area contributed by atoms with Crippen molar-refractivity contribution in [1.29, 1.82) is 0 Å². The predicted octanol–water partition coefficient (Wildman–Crippen LogP) is 0.910. The standard InChI is InChI=1S/C15H12N4O4/c20-13(8-18-7-12(16-17-18)9-5-6-9)23-19-14(21)10-3-1-2-4-11(10)15(19)22/h1-4,7,9H,5-6,8H2. The first-order chi connectivity index (χ1) is 11.1. The van der Waals surface area contributed by atoms with Crippen molar-refractivity contribution >= 4 is 17.8 Å². The van der Waals surface area contributed by atoms with Crippen molar-refractivity contribution in [2.75, 3.05) is 0 Å². The lowest BCUT2D eigenvalue weighted by Gasteiger charge is -2.12. The maximum Gasteiger partial charge on any atom is 0.354 e. The molecule has 0 bridgehead atoms. The molecule has 0 atom stereocenters. The van der Waals surface area contributed by atoms with Crippen molar-refractivity contribution in [2.45, 2.75) is 25.3 Å². The summed E-state index contributed by atoms with van der Waals surface area (Å²) in [5.74, 6) is -1.62. The Balaban J connectivity index is 1.44. The predicted molar refractivity (Wildman–Crippen MR) is 75.0 cm³/mol. The van der Waals surface area contributed by atoms with Crippen LogP contribution in [0.3, 0.4) is 0 Å². The van der Waals surface area contributed by atoms with Gasteiger partial charge in [-0.25, -0.2) is 9.48 Å². The van der Waals surface area contributed by atoms with Gasteiger partial charge in [0.05, 0.1) is 16.8 Å². The van der Waals surface area contributed by atoms with Crippen LogP contribution in [0.5, 0.6) is 0 Å². The minimum Gasteiger partial charge on any atom is -0.328 e. The van der Waals surface area contributed by atoms with Gasteiger partial charge in [-0.2, -0.15) is 0 Å². The summed E-state index contributed by atoms with van der Waals surface area (Å²) >= 11 is 0. The summed E-state index contributed by atoms with van der Waals surface area (Å²) in [4.78, 5) is 41.0. The molecule has 1 aliphatic heterocycles. The van der Waals surface area contributed by atoms with Gasteiger partial charge in [0, 0.05) is 12.1 Å². The minimum absolute atomic E-state index is 0.215. The molecule has 8 heteroatoms. The molecule has 0 spiro atoms. The van der Waals surface area contributed by atoms with Crippen LogP contribution in [0.1, 0.15) is 45.2 Å². The highest BCUT2D eigenvalue weighted by Crippen LogP contribution is 2.38. The molecule has 0 unspecified atom stereocenters. The summed E-state index contributed by atoms with van der Waals surface area (Å²) < 4.78 is 1.34. The molecule has 1 aromatic heterocycles. The largest absolute Gasteiger partial charge is 0.354 e. The number of carbonyl (C=O) groups excluding carboxylic acids is 3. The van der Waals surface area contributed by atoms with Crippen molar-refractivity contribution in [3.63, 3.8) is 0 Å². The second kappa shape index (κ2) is 5.01. The normalized spacial score (nSPS) is 16.6. The van der Waals surface area contributed by atoms with Gasteiger partial charge in [0.1, 0.15) is 6.54 Å². The molecule has 1 fully saturated rings. The van der Waals surface area contributed by atoms with Crippen molar-refractivity contribution in [3.8, 4) is 0 Å². The van der Waals surface area contributed by atoms with Gasteiger partial charge in [0.15, 0.2) is 0 Å². The molecule has 0 radical (unpaired) electrons. The Morgan fingerprint density at radius 2 is 1.83 bits per heavy atom. The van der Waals surface area contributed by atoms with Crippen LogP contribution >= 0.6 is 0 Å². The average Bonchev–Trinajstić information content (AvgIpc) is 3.26. The van der Waals surface area contributed by atoms with E-state index in [0.717, 1.165) is 18.5 Å². The van der Waals surface area contributed by atoms with Gasteiger partial charge in [-0.3, -0.25) is 9.59 Å². The third kappa shape index (κ3) is 2.37. The Morgan fingerprint density at radius 1 is 1.17 bits per heavy atom. The highest BCUT2D eigenvalue weighted by molar-refractivity contribution is 6.20. The van der Waals surface area contributed by atoms with E-state index in [1.165, 1.54) is 16.8 Å². The van der Waals surface area contributed by atoms with E-state index < -0.39 is 17.8 Å². The smallest absolute Gasteiger partial charge is 0.328 e. The summed E-state index contributed by atoms with van der Waals surface area (Å²) in [6.45, 7) is -0.215. The lowest BCUT2D eigenvalue weighted by Crippen LogP contribution is -2.34. The second-order valence-corrected chi connectivity index (χ2v) is 5.53. The molecule has 4 rings (SSSR count). The second-order valence-electron chi connectivity index (χ2n) is 5.53. The molecule has 1 aromatic carbocycles. The lowest BCUT2D eigenvalue weighted by molar-refractivity contribution is -0.169. The van der Waals surface area contributed by atoms with Gasteiger partial charge in [0.2, 0.25) is 0 Å². The monoisotopic (exact) mass is 312 g/mol. The molecule has 0 N–H and O–H groups in total. The number of aromatic nitrogens is 3. The summed E-state index contributed by atoms with van der Waals surface area (Å²) in [5.41, 5.74) is 1.29. The fraction of sp³-hybridized carbons (Fsp3) is 0.267. The average molecular weight is 312 g/mol. The van der Waals surface area contributed by atoms with Gasteiger partial charge in [0.25, 0.3) is 11.8 Å². The number of hydrogen-bond acceptors (Lipinski definition) is 6. The third-order valence-electron chi connectivity index (χ3n) is 3.79. The number of hydrogen-bond donors (Lipinski definition) is 0. The SMILES string of the molecule is O=C(Cn1cc(C2CC2)nn1)ON1C(=O)c2ccccc2C1=O. The van der Waals surface area contributed by atoms with E-state index in [1.807, 2.05) is 0 Å². The van der Waals surface area contributed by atoms with Crippen molar-refractivity contribution < 1.29 is 19.2 Å². The number of nitrogens with zero attached hydrogens (tertiary/aromatic N) is 4. The minimum atomic E-state index is -0.758. The lowest BCUT2D eigenvalue weighted by atomic mass is 10.1. The molecule has 2 aromatic rings. The Morgan fingerprint density at radius 3 is 2.43 bits per heavy atom. The number of carbonyl (C=O) groups is 3. The van der Waals surface area contributed by atoms with Gasteiger partial charge in [-0.1, -0.05) is 22.4 Å². The van der Waals surface area contributed by atoms with Crippen LogP contribution < -0.4 is 0 Å². The van der Waals surface area contributed by atoms with Gasteiger partial charge in [-0.05, 0) is 25.0 Å². The van der Waals surface area contributed by atoms with Crippen LogP contribution in [0, 0.1) is 0 Å². The van der Waals surface area contributed by atoms with Crippen molar-refractivity contribution in [3.05, 3.63) is 47.3 Å². The quantitative estimate of drug-likeness (QED) is 0.779. The summed E-state index contributed by atoms with van der Waals surface area (Å²) in [5, 5.41) is 8.32. The molecule has 2 amide bonds. The van der Waals surface area contributed by atoms with Gasteiger partial charge < -0.3 is 4.84 Å². The summed E-state index contributed by atoms with van der Waals surface area (Å²) in [7, 11) is 0. The Hall–Kier alpha value is -3.03. The van der Waals surface area contributed by atoms with Crippen LogP contribution in [-0.4, -0.2) is 37.8 Å². The first kappa shape index (κ1) is 13.6. The van der Waals surface area contributed by atoms with Crippen LogP contribution in [0.15, 0.2) is 30.5 Å². The fourth-order valence-electron chi connectivity index (χ4n) is 2.47. The number of hydroxylamine groups is 2. The molecule has 2 aliphatic rings. The number of amides is 2. The van der Waals surface area contributed by atoms with E-state index >= 15 is 0 Å². The van der Waals surface area contributed by atoms with E-state index in [9.17, 15) is 14.4 Å². The summed E-state index contributed by atoms with van der Waals surface area (Å²) in [6.07, 6.45) is 3.84. The maximum atomic E-state index is 12.1. The molecule has 2 heterocycles. The first-order valence-electron chi connectivity index (χ1n) is 7.22. The molecule has 116 valence electrons. The third-order valence-corrected chi connectivity index (χ3v) is 3.79. The van der Waals surface area contributed by atoms with Gasteiger partial charge >= 0.3 is 5.97 Å². The van der Waals surface area contributed by atoms with E-state index in [0.29, 0.717) is 11.0 Å². The number of fused-ring (bicyclic) bond motifs is 1. The van der Waals surface area contributed by atoms with Crippen molar-refractivity contribution in [2.24, 2.45) is 0 Å². The number of imide groups is 1. The zero-order valence-corrected chi connectivity index (χ0v) is 12.0. The number of benzene rings is 1. The van der Waals surface area contributed by atoms with Gasteiger partial charge in [-0.15, -0.1) is 5.10 Å². The molecule has 23 heavy (non-hydrogen) atoms. The highest BCUT2D eigenvalue weighted by Gasteiger charge is 2.38. The first-order valence-corrected chi connectivity index (χ1v) is 7.22. The van der Waals surface area contributed by atoms with Crippen LogP contribution in [0.25, 0.3) is 0 Å². The number of rotatable bonds is 4. The van der Waals surface area contributed by atoms with E-state index in [4.69, 9.17) is 4.84 Å². The van der Waals surface area contributed by atoms with E-state index in [-0.39, 0.29) is 17.7 Å². The molecule has 8 nitrogen and oxygen atoms in total. The Bertz CT molecular complexity index is 789. The van der Waals surface area contributed by atoms with Crippen LogP contribution in [-0.2, 0) is 16.2 Å². The Kier molecular flexibility index (Phi) is 2.97. The van der Waals surface area contributed by atoms with Crippen LogP contribution in [0.4, 0.5) is 0 Å². The van der Waals surface area contributed by atoms with Crippen LogP contribution in [0.2, 0.25) is 0 Å². The fourth-order valence-corrected chi connectivity index (χ4v) is 2.47. The Labute approximate surface area is 130 Å². The zero-order valence-electron chi connectivity index (χ0n) is 12.0. The molecule has 1 aliphatic carbocycles. The topological polar surface area (TPSA) is 94.4 Å². The highest BCUT2D eigenvalue weighted by atomic mass is 16.7. The van der Waals surface area contributed by atoms with Crippen molar-refractivity contribution in [1.82, 2.24) is 20.1 Å². The molecule has 1 saturated carbocycles.